The Labute approximate surface area is 143 Å². The largest absolute Gasteiger partial charge is 0.327 e. The molecule has 0 bridgehead atoms. The van der Waals surface area contributed by atoms with Crippen LogP contribution < -0.4 is 5.32 Å². The Balaban J connectivity index is 1.64. The van der Waals surface area contributed by atoms with Crippen molar-refractivity contribution in [1.82, 2.24) is 14.9 Å². The second-order valence-electron chi connectivity index (χ2n) is 5.46. The molecule has 0 atom stereocenters. The highest BCUT2D eigenvalue weighted by molar-refractivity contribution is 7.22. The zero-order chi connectivity index (χ0) is 17.1. The monoisotopic (exact) mass is 344 g/mol. The molecule has 0 aliphatic rings. The van der Waals surface area contributed by atoms with E-state index in [2.05, 4.69) is 15.3 Å². The topological polar surface area (TPSA) is 58.1 Å². The van der Waals surface area contributed by atoms with E-state index in [4.69, 9.17) is 0 Å². The second kappa shape index (κ2) is 6.92. The van der Waals surface area contributed by atoms with E-state index in [0.717, 1.165) is 10.4 Å². The smallest absolute Gasteiger partial charge is 0.323 e. The fraction of sp³-hybridized carbons (Fsp3) is 0.235. The normalized spacial score (nSPS) is 10.8. The first-order valence-electron chi connectivity index (χ1n) is 7.52. The Morgan fingerprint density at radius 3 is 2.92 bits per heavy atom. The molecule has 0 aliphatic carbocycles. The summed E-state index contributed by atoms with van der Waals surface area (Å²) in [6.45, 7) is 2.23. The number of aromatic nitrogens is 2. The summed E-state index contributed by atoms with van der Waals surface area (Å²) >= 11 is 1.33. The van der Waals surface area contributed by atoms with Crippen molar-refractivity contribution in [1.29, 1.82) is 0 Å². The van der Waals surface area contributed by atoms with Crippen molar-refractivity contribution in [3.63, 3.8) is 0 Å². The number of nitrogens with zero attached hydrogens (tertiary/aromatic N) is 3. The van der Waals surface area contributed by atoms with Crippen LogP contribution in [-0.2, 0) is 6.42 Å². The molecule has 5 nitrogen and oxygen atoms in total. The lowest BCUT2D eigenvalue weighted by atomic mass is 10.2. The molecular formula is C17H17FN4OS. The zero-order valence-electron chi connectivity index (χ0n) is 13.4. The number of anilines is 1. The number of carbonyl (C=O) groups excluding carboxylic acids is 1. The van der Waals surface area contributed by atoms with Crippen molar-refractivity contribution in [2.75, 3.05) is 18.9 Å². The highest BCUT2D eigenvalue weighted by atomic mass is 32.1. The fourth-order valence-electron chi connectivity index (χ4n) is 2.27. The van der Waals surface area contributed by atoms with Gasteiger partial charge in [0, 0.05) is 37.5 Å². The highest BCUT2D eigenvalue weighted by Crippen LogP contribution is 2.29. The highest BCUT2D eigenvalue weighted by Gasteiger charge is 2.14. The van der Waals surface area contributed by atoms with Gasteiger partial charge in [-0.15, -0.1) is 0 Å². The molecular weight excluding hydrogens is 327 g/mol. The molecule has 0 saturated carbocycles. The van der Waals surface area contributed by atoms with Crippen LogP contribution in [0.2, 0.25) is 0 Å². The van der Waals surface area contributed by atoms with Gasteiger partial charge in [-0.05, 0) is 31.2 Å². The first-order chi connectivity index (χ1) is 11.5. The number of halogens is 1. The summed E-state index contributed by atoms with van der Waals surface area (Å²) in [5.74, 6) is -0.293. The fourth-order valence-corrected chi connectivity index (χ4v) is 3.19. The minimum atomic E-state index is -0.293. The molecule has 0 saturated heterocycles. The number of nitrogens with one attached hydrogen (secondary N) is 1. The van der Waals surface area contributed by atoms with Gasteiger partial charge in [-0.1, -0.05) is 17.4 Å². The van der Waals surface area contributed by atoms with Crippen molar-refractivity contribution in [3.05, 3.63) is 53.6 Å². The van der Waals surface area contributed by atoms with E-state index in [1.165, 1.54) is 17.4 Å². The van der Waals surface area contributed by atoms with Gasteiger partial charge < -0.3 is 4.90 Å². The van der Waals surface area contributed by atoms with Crippen LogP contribution in [0.4, 0.5) is 14.3 Å². The Morgan fingerprint density at radius 1 is 1.33 bits per heavy atom. The van der Waals surface area contributed by atoms with E-state index >= 15 is 0 Å². The van der Waals surface area contributed by atoms with E-state index in [1.54, 1.807) is 31.1 Å². The van der Waals surface area contributed by atoms with E-state index in [1.807, 2.05) is 18.2 Å². The Hall–Kier alpha value is -2.54. The summed E-state index contributed by atoms with van der Waals surface area (Å²) < 4.78 is 14.4. The van der Waals surface area contributed by atoms with Crippen LogP contribution in [-0.4, -0.2) is 34.5 Å². The third-order valence-corrected chi connectivity index (χ3v) is 4.67. The summed E-state index contributed by atoms with van der Waals surface area (Å²) in [7, 11) is 1.72. The predicted molar refractivity (Wildman–Crippen MR) is 93.9 cm³/mol. The molecule has 0 spiro atoms. The molecule has 3 rings (SSSR count). The summed E-state index contributed by atoms with van der Waals surface area (Å²) in [5, 5.41) is 3.23. The van der Waals surface area contributed by atoms with Gasteiger partial charge in [0.1, 0.15) is 5.82 Å². The molecule has 1 aromatic carbocycles. The molecule has 2 heterocycles. The minimum absolute atomic E-state index is 0.247. The molecule has 1 N–H and O–H groups in total. The molecule has 0 unspecified atom stereocenters. The maximum absolute atomic E-state index is 13.6. The quantitative estimate of drug-likeness (QED) is 0.782. The van der Waals surface area contributed by atoms with E-state index in [-0.39, 0.29) is 11.8 Å². The number of hydrogen-bond donors (Lipinski definition) is 1. The van der Waals surface area contributed by atoms with Crippen LogP contribution in [0, 0.1) is 12.7 Å². The number of likely N-dealkylation sites (N-methyl/N-ethyl adjacent to an activating group) is 1. The number of carbonyl (C=O) groups is 1. The number of fused-ring (bicyclic) bond motifs is 1. The average Bonchev–Trinajstić information content (AvgIpc) is 3.00. The van der Waals surface area contributed by atoms with Crippen molar-refractivity contribution >= 4 is 32.7 Å². The first kappa shape index (κ1) is 16.3. The second-order valence-corrected chi connectivity index (χ2v) is 6.49. The van der Waals surface area contributed by atoms with E-state index < -0.39 is 0 Å². The van der Waals surface area contributed by atoms with Crippen LogP contribution >= 0.6 is 11.3 Å². The van der Waals surface area contributed by atoms with E-state index in [0.29, 0.717) is 29.2 Å². The number of rotatable bonds is 4. The van der Waals surface area contributed by atoms with Gasteiger partial charge >= 0.3 is 6.03 Å². The zero-order valence-corrected chi connectivity index (χ0v) is 14.2. The van der Waals surface area contributed by atoms with Crippen molar-refractivity contribution in [2.45, 2.75) is 13.3 Å². The molecule has 2 amide bonds. The van der Waals surface area contributed by atoms with Gasteiger partial charge in [0.25, 0.3) is 0 Å². The molecule has 7 heteroatoms. The number of pyridine rings is 1. The standard InChI is InChI=1S/C17H17FN4OS/c1-11-13(18)6-7-14-15(11)20-16(24-14)21-17(23)22(2)10-8-12-5-3-4-9-19-12/h3-7,9H,8,10H2,1-2H3,(H,20,21,23). The SMILES string of the molecule is Cc1c(F)ccc2sc(NC(=O)N(C)CCc3ccccn3)nc12. The van der Waals surface area contributed by atoms with Gasteiger partial charge in [-0.3, -0.25) is 10.3 Å². The van der Waals surface area contributed by atoms with Crippen molar-refractivity contribution < 1.29 is 9.18 Å². The Kier molecular flexibility index (Phi) is 4.71. The third kappa shape index (κ3) is 3.51. The van der Waals surface area contributed by atoms with Crippen LogP contribution in [0.3, 0.4) is 0 Å². The number of urea groups is 1. The summed E-state index contributed by atoms with van der Waals surface area (Å²) in [6, 6.07) is 8.55. The van der Waals surface area contributed by atoms with Crippen LogP contribution in [0.15, 0.2) is 36.5 Å². The molecule has 0 fully saturated rings. The van der Waals surface area contributed by atoms with Gasteiger partial charge in [0.05, 0.1) is 10.2 Å². The van der Waals surface area contributed by atoms with Crippen LogP contribution in [0.25, 0.3) is 10.2 Å². The van der Waals surface area contributed by atoms with Gasteiger partial charge in [0.15, 0.2) is 5.13 Å². The number of hydrogen-bond acceptors (Lipinski definition) is 4. The van der Waals surface area contributed by atoms with Gasteiger partial charge in [0.2, 0.25) is 0 Å². The lowest BCUT2D eigenvalue weighted by molar-refractivity contribution is 0.223. The predicted octanol–water partition coefficient (Wildman–Crippen LogP) is 3.85. The maximum Gasteiger partial charge on any atom is 0.323 e. The van der Waals surface area contributed by atoms with Gasteiger partial charge in [-0.2, -0.15) is 0 Å². The van der Waals surface area contributed by atoms with E-state index in [9.17, 15) is 9.18 Å². The molecule has 3 aromatic rings. The van der Waals surface area contributed by atoms with Crippen molar-refractivity contribution in [2.24, 2.45) is 0 Å². The number of benzene rings is 1. The molecule has 24 heavy (non-hydrogen) atoms. The molecule has 124 valence electrons. The lowest BCUT2D eigenvalue weighted by Crippen LogP contribution is -2.33. The lowest BCUT2D eigenvalue weighted by Gasteiger charge is -2.16. The van der Waals surface area contributed by atoms with Gasteiger partial charge in [-0.25, -0.2) is 14.2 Å². The number of thiazole rings is 1. The Morgan fingerprint density at radius 2 is 2.17 bits per heavy atom. The number of amides is 2. The minimum Gasteiger partial charge on any atom is -0.327 e. The first-order valence-corrected chi connectivity index (χ1v) is 8.34. The average molecular weight is 344 g/mol. The molecule has 2 aromatic heterocycles. The maximum atomic E-state index is 13.6. The summed E-state index contributed by atoms with van der Waals surface area (Å²) in [6.07, 6.45) is 2.41. The molecule has 0 radical (unpaired) electrons. The number of aryl methyl sites for hydroxylation is 1. The summed E-state index contributed by atoms with van der Waals surface area (Å²) in [4.78, 5) is 22.4. The Bertz CT molecular complexity index is 866. The van der Waals surface area contributed by atoms with Crippen LogP contribution in [0.5, 0.6) is 0 Å². The summed E-state index contributed by atoms with van der Waals surface area (Å²) in [5.41, 5.74) is 2.02. The van der Waals surface area contributed by atoms with Crippen LogP contribution in [0.1, 0.15) is 11.3 Å². The molecule has 0 aliphatic heterocycles. The van der Waals surface area contributed by atoms with Crippen molar-refractivity contribution in [3.8, 4) is 0 Å². The third-order valence-electron chi connectivity index (χ3n) is 3.74.